The van der Waals surface area contributed by atoms with Crippen LogP contribution in [0.15, 0.2) is 24.3 Å². The molecule has 0 saturated carbocycles. The minimum absolute atomic E-state index is 0.145. The van der Waals surface area contributed by atoms with Crippen LogP contribution in [0.1, 0.15) is 29.6 Å². The maximum atomic E-state index is 12.3. The highest BCUT2D eigenvalue weighted by molar-refractivity contribution is 6.30. The average Bonchev–Trinajstić information content (AvgIpc) is 2.88. The van der Waals surface area contributed by atoms with Gasteiger partial charge in [0.25, 0.3) is 5.91 Å². The summed E-state index contributed by atoms with van der Waals surface area (Å²) >= 11 is 5.80. The minimum Gasteiger partial charge on any atom is -0.321 e. The number of amides is 3. The van der Waals surface area contributed by atoms with E-state index in [1.807, 2.05) is 4.90 Å². The van der Waals surface area contributed by atoms with E-state index in [4.69, 9.17) is 11.6 Å². The molecule has 2 aliphatic rings. The fourth-order valence-corrected chi connectivity index (χ4v) is 2.98. The van der Waals surface area contributed by atoms with Gasteiger partial charge in [0.05, 0.1) is 0 Å². The molecule has 0 radical (unpaired) electrons. The van der Waals surface area contributed by atoms with Crippen LogP contribution < -0.4 is 0 Å². The van der Waals surface area contributed by atoms with Crippen molar-refractivity contribution in [3.05, 3.63) is 34.9 Å². The van der Waals surface area contributed by atoms with E-state index in [1.165, 1.54) is 4.90 Å². The van der Waals surface area contributed by atoms with E-state index < -0.39 is 0 Å². The maximum Gasteiger partial charge on any atom is 0.327 e. The Balaban J connectivity index is 1.80. The number of carbonyl (C=O) groups excluding carboxylic acids is 2. The second kappa shape index (κ2) is 4.85. The van der Waals surface area contributed by atoms with Gasteiger partial charge in [-0.1, -0.05) is 11.6 Å². The summed E-state index contributed by atoms with van der Waals surface area (Å²) in [4.78, 5) is 27.8. The van der Waals surface area contributed by atoms with Crippen molar-refractivity contribution in [1.29, 1.82) is 0 Å². The van der Waals surface area contributed by atoms with Crippen LogP contribution in [0.2, 0.25) is 5.02 Å². The normalized spacial score (nSPS) is 22.6. The molecule has 1 aromatic carbocycles. The Hall–Kier alpha value is -1.55. The first-order valence-corrected chi connectivity index (χ1v) is 6.92. The summed E-state index contributed by atoms with van der Waals surface area (Å²) in [6.07, 6.45) is 2.99. The molecule has 1 unspecified atom stereocenters. The number of rotatable bonds is 1. The van der Waals surface area contributed by atoms with Crippen molar-refractivity contribution in [2.45, 2.75) is 25.3 Å². The van der Waals surface area contributed by atoms with Crippen molar-refractivity contribution in [3.63, 3.8) is 0 Å². The molecule has 0 spiro atoms. The Morgan fingerprint density at radius 2 is 1.89 bits per heavy atom. The zero-order chi connectivity index (χ0) is 13.4. The molecule has 0 aliphatic carbocycles. The van der Waals surface area contributed by atoms with Crippen LogP contribution in [0.5, 0.6) is 0 Å². The van der Waals surface area contributed by atoms with E-state index in [1.54, 1.807) is 24.3 Å². The summed E-state index contributed by atoms with van der Waals surface area (Å²) < 4.78 is 0. The highest BCUT2D eigenvalue weighted by Gasteiger charge is 2.38. The maximum absolute atomic E-state index is 12.3. The quantitative estimate of drug-likeness (QED) is 0.792. The van der Waals surface area contributed by atoms with Crippen LogP contribution in [0.3, 0.4) is 0 Å². The smallest absolute Gasteiger partial charge is 0.321 e. The van der Waals surface area contributed by atoms with Crippen LogP contribution in [0.25, 0.3) is 0 Å². The highest BCUT2D eigenvalue weighted by Crippen LogP contribution is 2.27. The molecule has 4 nitrogen and oxygen atoms in total. The van der Waals surface area contributed by atoms with Gasteiger partial charge >= 0.3 is 6.03 Å². The number of fused-ring (bicyclic) bond motifs is 1. The molecule has 0 bridgehead atoms. The van der Waals surface area contributed by atoms with Gasteiger partial charge in [-0.3, -0.25) is 9.69 Å². The van der Waals surface area contributed by atoms with E-state index in [0.717, 1.165) is 25.8 Å². The first kappa shape index (κ1) is 12.5. The molecule has 2 fully saturated rings. The minimum atomic E-state index is -0.230. The second-order valence-electron chi connectivity index (χ2n) is 5.02. The van der Waals surface area contributed by atoms with Crippen molar-refractivity contribution < 1.29 is 9.59 Å². The van der Waals surface area contributed by atoms with Crippen LogP contribution in [-0.2, 0) is 0 Å². The summed E-state index contributed by atoms with van der Waals surface area (Å²) in [5.74, 6) is -0.230. The van der Waals surface area contributed by atoms with Crippen molar-refractivity contribution in [2.24, 2.45) is 0 Å². The van der Waals surface area contributed by atoms with E-state index in [0.29, 0.717) is 23.2 Å². The molecule has 5 heteroatoms. The molecular weight excluding hydrogens is 264 g/mol. The predicted octanol–water partition coefficient (Wildman–Crippen LogP) is 2.77. The van der Waals surface area contributed by atoms with E-state index in [-0.39, 0.29) is 11.9 Å². The van der Waals surface area contributed by atoms with Gasteiger partial charge < -0.3 is 4.90 Å². The first-order valence-electron chi connectivity index (χ1n) is 6.55. The number of urea groups is 1. The molecule has 2 heterocycles. The lowest BCUT2D eigenvalue weighted by molar-refractivity contribution is 0.0677. The predicted molar refractivity (Wildman–Crippen MR) is 72.2 cm³/mol. The van der Waals surface area contributed by atoms with Gasteiger partial charge in [-0.2, -0.15) is 0 Å². The summed E-state index contributed by atoms with van der Waals surface area (Å²) in [5, 5.41) is 0.584. The largest absolute Gasteiger partial charge is 0.327 e. The van der Waals surface area contributed by atoms with Crippen LogP contribution in [-0.4, -0.2) is 40.9 Å². The van der Waals surface area contributed by atoms with Gasteiger partial charge in [-0.15, -0.1) is 0 Å². The van der Waals surface area contributed by atoms with Gasteiger partial charge in [0.1, 0.15) is 0 Å². The fourth-order valence-electron chi connectivity index (χ4n) is 2.85. The van der Waals surface area contributed by atoms with Gasteiger partial charge in [0, 0.05) is 29.7 Å². The molecule has 2 aliphatic heterocycles. The summed E-state index contributed by atoms with van der Waals surface area (Å²) in [7, 11) is 0. The topological polar surface area (TPSA) is 40.6 Å². The number of hydrogen-bond donors (Lipinski definition) is 0. The summed E-state index contributed by atoms with van der Waals surface area (Å²) in [5.41, 5.74) is 0.510. The lowest BCUT2D eigenvalue weighted by Gasteiger charge is -2.36. The van der Waals surface area contributed by atoms with Crippen LogP contribution in [0.4, 0.5) is 4.79 Å². The van der Waals surface area contributed by atoms with Gasteiger partial charge in [0.2, 0.25) is 0 Å². The van der Waals surface area contributed by atoms with Crippen molar-refractivity contribution in [3.8, 4) is 0 Å². The van der Waals surface area contributed by atoms with Gasteiger partial charge in [0.15, 0.2) is 0 Å². The Kier molecular flexibility index (Phi) is 3.19. The lowest BCUT2D eigenvalue weighted by atomic mass is 10.1. The number of hydrogen-bond acceptors (Lipinski definition) is 2. The van der Waals surface area contributed by atoms with E-state index in [2.05, 4.69) is 0 Å². The number of imide groups is 1. The molecular formula is C14H15ClN2O2. The molecule has 3 amide bonds. The molecule has 19 heavy (non-hydrogen) atoms. The number of carbonyl (C=O) groups is 2. The molecule has 100 valence electrons. The molecule has 2 saturated heterocycles. The summed E-state index contributed by atoms with van der Waals surface area (Å²) in [6.45, 7) is 1.29. The summed E-state index contributed by atoms with van der Waals surface area (Å²) in [6, 6.07) is 6.85. The zero-order valence-electron chi connectivity index (χ0n) is 10.5. The Morgan fingerprint density at radius 3 is 2.63 bits per heavy atom. The van der Waals surface area contributed by atoms with Gasteiger partial charge in [-0.25, -0.2) is 4.79 Å². The Morgan fingerprint density at radius 1 is 1.16 bits per heavy atom. The lowest BCUT2D eigenvalue weighted by Crippen LogP contribution is -2.53. The standard InChI is InChI=1S/C14H15ClN2O2/c15-11-5-3-10(4-6-11)13(18)17-9-7-12-2-1-8-16(12)14(17)19/h3-6,12H,1-2,7-9H2. The third-order valence-electron chi connectivity index (χ3n) is 3.88. The highest BCUT2D eigenvalue weighted by atomic mass is 35.5. The van der Waals surface area contributed by atoms with Crippen molar-refractivity contribution >= 4 is 23.5 Å². The van der Waals surface area contributed by atoms with E-state index in [9.17, 15) is 9.59 Å². The SMILES string of the molecule is O=C(c1ccc(Cl)cc1)N1CCC2CCCN2C1=O. The van der Waals surface area contributed by atoms with Gasteiger partial charge in [-0.05, 0) is 43.5 Å². The average molecular weight is 279 g/mol. The molecule has 0 N–H and O–H groups in total. The van der Waals surface area contributed by atoms with E-state index >= 15 is 0 Å². The molecule has 0 aromatic heterocycles. The monoisotopic (exact) mass is 278 g/mol. The van der Waals surface area contributed by atoms with Crippen LogP contribution in [0, 0.1) is 0 Å². The number of benzene rings is 1. The zero-order valence-corrected chi connectivity index (χ0v) is 11.3. The third kappa shape index (κ3) is 2.21. The fraction of sp³-hybridized carbons (Fsp3) is 0.429. The molecule has 3 rings (SSSR count). The Bertz CT molecular complexity index is 515. The van der Waals surface area contributed by atoms with Crippen molar-refractivity contribution in [2.75, 3.05) is 13.1 Å². The second-order valence-corrected chi connectivity index (χ2v) is 5.46. The molecule has 1 atom stereocenters. The Labute approximate surface area is 116 Å². The number of halogens is 1. The van der Waals surface area contributed by atoms with Crippen LogP contribution >= 0.6 is 11.6 Å². The molecule has 1 aromatic rings. The number of nitrogens with zero attached hydrogens (tertiary/aromatic N) is 2. The van der Waals surface area contributed by atoms with Crippen molar-refractivity contribution in [1.82, 2.24) is 9.80 Å². The third-order valence-corrected chi connectivity index (χ3v) is 4.13. The first-order chi connectivity index (χ1) is 9.16.